The number of hydrogen-bond donors (Lipinski definition) is 2. The van der Waals surface area contributed by atoms with E-state index in [0.717, 1.165) is 30.9 Å². The van der Waals surface area contributed by atoms with Crippen LogP contribution in [0, 0.1) is 0 Å². The number of thiophene rings is 1. The third-order valence-electron chi connectivity index (χ3n) is 2.84. The molecule has 1 heterocycles. The fourth-order valence-electron chi connectivity index (χ4n) is 1.74. The third-order valence-corrected chi connectivity index (χ3v) is 4.05. The molecule has 19 heavy (non-hydrogen) atoms. The highest BCUT2D eigenvalue weighted by Crippen LogP contribution is 2.32. The Hall–Kier alpha value is -1.49. The van der Waals surface area contributed by atoms with E-state index >= 15 is 0 Å². The molecule has 0 bridgehead atoms. The minimum absolute atomic E-state index is 0.125. The first-order valence-electron chi connectivity index (χ1n) is 6.67. The summed E-state index contributed by atoms with van der Waals surface area (Å²) in [5.41, 5.74) is 6.48. The number of unbranched alkanes of at least 4 members (excludes halogenated alkanes) is 1. The van der Waals surface area contributed by atoms with Gasteiger partial charge in [-0.1, -0.05) is 19.4 Å². The van der Waals surface area contributed by atoms with Crippen molar-refractivity contribution in [3.05, 3.63) is 23.6 Å². The number of nitrogen functional groups attached to an aromatic ring is 1. The van der Waals surface area contributed by atoms with Gasteiger partial charge in [-0.2, -0.15) is 0 Å². The summed E-state index contributed by atoms with van der Waals surface area (Å²) in [6.07, 6.45) is 3.95. The minimum Gasteiger partial charge on any atom is -0.397 e. The number of nitrogens with zero attached hydrogens (tertiary/aromatic N) is 1. The molecule has 0 radical (unpaired) electrons. The number of hydrogen-bond acceptors (Lipinski definition) is 4. The van der Waals surface area contributed by atoms with Crippen LogP contribution in [0.15, 0.2) is 18.7 Å². The van der Waals surface area contributed by atoms with Gasteiger partial charge in [-0.15, -0.1) is 17.9 Å². The van der Waals surface area contributed by atoms with Crippen molar-refractivity contribution in [3.8, 4) is 0 Å². The molecule has 4 nitrogen and oxygen atoms in total. The first-order valence-corrected chi connectivity index (χ1v) is 7.49. The first-order chi connectivity index (χ1) is 9.13. The maximum atomic E-state index is 11.9. The van der Waals surface area contributed by atoms with Crippen LogP contribution in [-0.2, 0) is 0 Å². The molecule has 1 amide bonds. The van der Waals surface area contributed by atoms with Crippen molar-refractivity contribution in [1.29, 1.82) is 0 Å². The van der Waals surface area contributed by atoms with Gasteiger partial charge < -0.3 is 16.0 Å². The molecule has 1 aromatic heterocycles. The number of nitrogens with two attached hydrogens (primary N) is 1. The number of nitrogens with one attached hydrogen (secondary N) is 1. The van der Waals surface area contributed by atoms with Gasteiger partial charge in [-0.05, 0) is 19.4 Å². The lowest BCUT2D eigenvalue weighted by atomic mass is 10.3. The molecule has 1 aromatic rings. The second-order valence-electron chi connectivity index (χ2n) is 4.30. The predicted octanol–water partition coefficient (Wildman–Crippen LogP) is 2.87. The zero-order chi connectivity index (χ0) is 14.3. The second kappa shape index (κ2) is 7.84. The van der Waals surface area contributed by atoms with Gasteiger partial charge >= 0.3 is 0 Å². The standard InChI is InChI=1S/C14H23N3OS/c1-4-7-9-17(6-3)12-10-11(15)13(19-12)14(18)16-8-5-2/h5,10H,2,4,6-9,15H2,1,3H3,(H,16,18). The molecule has 0 fully saturated rings. The molecule has 1 rings (SSSR count). The maximum absolute atomic E-state index is 11.9. The summed E-state index contributed by atoms with van der Waals surface area (Å²) in [6.45, 7) is 10.2. The molecular formula is C14H23N3OS. The Morgan fingerprint density at radius 2 is 2.32 bits per heavy atom. The normalized spacial score (nSPS) is 10.2. The van der Waals surface area contributed by atoms with Gasteiger partial charge in [0.15, 0.2) is 0 Å². The number of carbonyl (C=O) groups is 1. The van der Waals surface area contributed by atoms with E-state index in [1.807, 2.05) is 6.07 Å². The molecule has 0 saturated heterocycles. The van der Waals surface area contributed by atoms with Crippen molar-refractivity contribution in [3.63, 3.8) is 0 Å². The van der Waals surface area contributed by atoms with Gasteiger partial charge in [0.1, 0.15) is 4.88 Å². The summed E-state index contributed by atoms with van der Waals surface area (Å²) in [6, 6.07) is 1.90. The molecule has 0 aromatic carbocycles. The zero-order valence-corrected chi connectivity index (χ0v) is 12.6. The van der Waals surface area contributed by atoms with Gasteiger partial charge in [0, 0.05) is 19.6 Å². The van der Waals surface area contributed by atoms with E-state index in [4.69, 9.17) is 5.73 Å². The van der Waals surface area contributed by atoms with Gasteiger partial charge in [-0.25, -0.2) is 0 Å². The van der Waals surface area contributed by atoms with E-state index in [1.54, 1.807) is 6.08 Å². The Labute approximate surface area is 119 Å². The average molecular weight is 281 g/mol. The van der Waals surface area contributed by atoms with E-state index in [2.05, 4.69) is 30.6 Å². The summed E-state index contributed by atoms with van der Waals surface area (Å²) in [5, 5.41) is 3.82. The van der Waals surface area contributed by atoms with E-state index in [9.17, 15) is 4.79 Å². The number of rotatable bonds is 8. The highest BCUT2D eigenvalue weighted by molar-refractivity contribution is 7.18. The van der Waals surface area contributed by atoms with Crippen LogP contribution in [0.4, 0.5) is 10.7 Å². The van der Waals surface area contributed by atoms with E-state index in [0.29, 0.717) is 17.1 Å². The molecule has 0 aliphatic heterocycles. The lowest BCUT2D eigenvalue weighted by Gasteiger charge is -2.20. The molecule has 0 spiro atoms. The van der Waals surface area contributed by atoms with Crippen molar-refractivity contribution in [2.45, 2.75) is 26.7 Å². The Kier molecular flexibility index (Phi) is 6.42. The molecule has 0 unspecified atom stereocenters. The zero-order valence-electron chi connectivity index (χ0n) is 11.7. The quantitative estimate of drug-likeness (QED) is 0.720. The molecule has 3 N–H and O–H groups in total. The van der Waals surface area contributed by atoms with Crippen LogP contribution in [-0.4, -0.2) is 25.5 Å². The van der Waals surface area contributed by atoms with Gasteiger partial charge in [0.2, 0.25) is 0 Å². The summed E-state index contributed by atoms with van der Waals surface area (Å²) < 4.78 is 0. The van der Waals surface area contributed by atoms with Crippen LogP contribution < -0.4 is 16.0 Å². The van der Waals surface area contributed by atoms with Crippen LogP contribution in [0.5, 0.6) is 0 Å². The van der Waals surface area contributed by atoms with E-state index < -0.39 is 0 Å². The summed E-state index contributed by atoms with van der Waals surface area (Å²) in [7, 11) is 0. The SMILES string of the molecule is C=CCNC(=O)c1sc(N(CC)CCCC)cc1N. The summed E-state index contributed by atoms with van der Waals surface area (Å²) in [5.74, 6) is -0.125. The van der Waals surface area contributed by atoms with Gasteiger partial charge in [0.05, 0.1) is 10.7 Å². The lowest BCUT2D eigenvalue weighted by molar-refractivity contribution is 0.0963. The van der Waals surface area contributed by atoms with Crippen LogP contribution >= 0.6 is 11.3 Å². The lowest BCUT2D eigenvalue weighted by Crippen LogP contribution is -2.23. The van der Waals surface area contributed by atoms with Crippen molar-refractivity contribution < 1.29 is 4.79 Å². The Balaban J connectivity index is 2.81. The smallest absolute Gasteiger partial charge is 0.263 e. The van der Waals surface area contributed by atoms with Crippen LogP contribution in [0.2, 0.25) is 0 Å². The summed E-state index contributed by atoms with van der Waals surface area (Å²) >= 11 is 1.46. The fraction of sp³-hybridized carbons (Fsp3) is 0.500. The number of carbonyl (C=O) groups excluding carboxylic acids is 1. The van der Waals surface area contributed by atoms with Crippen molar-refractivity contribution >= 4 is 27.9 Å². The monoisotopic (exact) mass is 281 g/mol. The minimum atomic E-state index is -0.125. The maximum Gasteiger partial charge on any atom is 0.263 e. The van der Waals surface area contributed by atoms with Gasteiger partial charge in [-0.3, -0.25) is 4.79 Å². The molecular weight excluding hydrogens is 258 g/mol. The first kappa shape index (κ1) is 15.6. The van der Waals surface area contributed by atoms with Crippen molar-refractivity contribution in [2.24, 2.45) is 0 Å². The predicted molar refractivity (Wildman–Crippen MR) is 84.1 cm³/mol. The highest BCUT2D eigenvalue weighted by Gasteiger charge is 2.16. The molecule has 0 aliphatic rings. The van der Waals surface area contributed by atoms with E-state index in [1.165, 1.54) is 11.3 Å². The van der Waals surface area contributed by atoms with Crippen LogP contribution in [0.1, 0.15) is 36.4 Å². The van der Waals surface area contributed by atoms with Crippen LogP contribution in [0.25, 0.3) is 0 Å². The van der Waals surface area contributed by atoms with Crippen molar-refractivity contribution in [2.75, 3.05) is 30.3 Å². The molecule has 0 saturated carbocycles. The Bertz CT molecular complexity index is 428. The van der Waals surface area contributed by atoms with E-state index in [-0.39, 0.29) is 5.91 Å². The molecule has 5 heteroatoms. The third kappa shape index (κ3) is 4.28. The Morgan fingerprint density at radius 3 is 2.89 bits per heavy atom. The Morgan fingerprint density at radius 1 is 1.58 bits per heavy atom. The number of anilines is 2. The van der Waals surface area contributed by atoms with Crippen molar-refractivity contribution in [1.82, 2.24) is 5.32 Å². The average Bonchev–Trinajstić information content (AvgIpc) is 2.79. The van der Waals surface area contributed by atoms with Gasteiger partial charge in [0.25, 0.3) is 5.91 Å². The molecule has 106 valence electrons. The highest BCUT2D eigenvalue weighted by atomic mass is 32.1. The largest absolute Gasteiger partial charge is 0.397 e. The van der Waals surface area contributed by atoms with Crippen LogP contribution in [0.3, 0.4) is 0 Å². The summed E-state index contributed by atoms with van der Waals surface area (Å²) in [4.78, 5) is 14.8. The number of amides is 1. The molecule has 0 aliphatic carbocycles. The topological polar surface area (TPSA) is 58.4 Å². The fourth-order valence-corrected chi connectivity index (χ4v) is 2.83. The second-order valence-corrected chi connectivity index (χ2v) is 5.33. The molecule has 0 atom stereocenters.